The van der Waals surface area contributed by atoms with E-state index in [-0.39, 0.29) is 5.75 Å². The molecule has 0 unspecified atom stereocenters. The van der Waals surface area contributed by atoms with Crippen LogP contribution in [-0.2, 0) is 6.42 Å². The molecule has 86 valence electrons. The summed E-state index contributed by atoms with van der Waals surface area (Å²) in [6.45, 7) is 0. The second-order valence-corrected chi connectivity index (χ2v) is 4.72. The Morgan fingerprint density at radius 2 is 2.00 bits per heavy atom. The Morgan fingerprint density at radius 1 is 1.25 bits per heavy atom. The number of phenols is 1. The number of hydrogen-bond acceptors (Lipinski definition) is 2. The van der Waals surface area contributed by atoms with Crippen LogP contribution in [0.25, 0.3) is 0 Å². The summed E-state index contributed by atoms with van der Waals surface area (Å²) in [6, 6.07) is 5.37. The summed E-state index contributed by atoms with van der Waals surface area (Å²) >= 11 is 0. The fourth-order valence-corrected chi connectivity index (χ4v) is 2.55. The van der Waals surface area contributed by atoms with Crippen molar-refractivity contribution in [2.75, 3.05) is 0 Å². The van der Waals surface area contributed by atoms with E-state index in [1.165, 1.54) is 37.7 Å². The lowest BCUT2D eigenvalue weighted by molar-refractivity contribution is 0.112. The first-order valence-electron chi connectivity index (χ1n) is 6.06. The third-order valence-corrected chi connectivity index (χ3v) is 3.47. The maximum Gasteiger partial charge on any atom is 0.153 e. The SMILES string of the molecule is O=Cc1cc(CC2CCCCC2)ccc1O. The zero-order valence-electron chi connectivity index (χ0n) is 9.48. The van der Waals surface area contributed by atoms with Gasteiger partial charge in [0.2, 0.25) is 0 Å². The van der Waals surface area contributed by atoms with Crippen LogP contribution in [0.3, 0.4) is 0 Å². The molecule has 1 aromatic carbocycles. The van der Waals surface area contributed by atoms with Crippen molar-refractivity contribution in [3.8, 4) is 5.75 Å². The molecule has 2 nitrogen and oxygen atoms in total. The zero-order chi connectivity index (χ0) is 11.4. The van der Waals surface area contributed by atoms with Crippen LogP contribution >= 0.6 is 0 Å². The first-order valence-corrected chi connectivity index (χ1v) is 6.06. The Bertz CT molecular complexity index is 365. The molecule has 16 heavy (non-hydrogen) atoms. The van der Waals surface area contributed by atoms with Gasteiger partial charge in [0.15, 0.2) is 6.29 Å². The molecule has 1 N–H and O–H groups in total. The molecule has 1 fully saturated rings. The minimum Gasteiger partial charge on any atom is -0.507 e. The molecule has 2 rings (SSSR count). The van der Waals surface area contributed by atoms with Gasteiger partial charge in [0.1, 0.15) is 5.75 Å². The molecule has 0 saturated heterocycles. The Balaban J connectivity index is 2.05. The second kappa shape index (κ2) is 5.15. The normalized spacial score (nSPS) is 17.2. The van der Waals surface area contributed by atoms with Gasteiger partial charge < -0.3 is 5.11 Å². The number of aldehydes is 1. The molecule has 1 saturated carbocycles. The van der Waals surface area contributed by atoms with E-state index in [9.17, 15) is 9.90 Å². The van der Waals surface area contributed by atoms with Gasteiger partial charge in [-0.05, 0) is 30.0 Å². The predicted octanol–water partition coefficient (Wildman–Crippen LogP) is 3.33. The van der Waals surface area contributed by atoms with Gasteiger partial charge >= 0.3 is 0 Å². The molecule has 0 bridgehead atoms. The number of benzene rings is 1. The van der Waals surface area contributed by atoms with Gasteiger partial charge in [-0.2, -0.15) is 0 Å². The Kier molecular flexibility index (Phi) is 3.60. The standard InChI is InChI=1S/C14H18O2/c15-10-13-9-12(6-7-14(13)16)8-11-4-2-1-3-5-11/h6-7,9-11,16H,1-5,8H2. The molecular weight excluding hydrogens is 200 g/mol. The number of aromatic hydroxyl groups is 1. The van der Waals surface area contributed by atoms with E-state index >= 15 is 0 Å². The Hall–Kier alpha value is -1.31. The maximum atomic E-state index is 10.7. The van der Waals surface area contributed by atoms with Crippen molar-refractivity contribution in [1.82, 2.24) is 0 Å². The molecule has 1 aliphatic carbocycles. The molecule has 2 heteroatoms. The minimum atomic E-state index is 0.0856. The lowest BCUT2D eigenvalue weighted by Gasteiger charge is -2.21. The minimum absolute atomic E-state index is 0.0856. The second-order valence-electron chi connectivity index (χ2n) is 4.72. The van der Waals surface area contributed by atoms with Crippen LogP contribution in [0.4, 0.5) is 0 Å². The van der Waals surface area contributed by atoms with Crippen LogP contribution in [0.5, 0.6) is 5.75 Å². The van der Waals surface area contributed by atoms with Gasteiger partial charge in [-0.1, -0.05) is 38.2 Å². The maximum absolute atomic E-state index is 10.7. The summed E-state index contributed by atoms with van der Waals surface area (Å²) in [4.78, 5) is 10.7. The molecule has 0 amide bonds. The molecular formula is C14H18O2. The first kappa shape index (κ1) is 11.2. The summed E-state index contributed by atoms with van der Waals surface area (Å²) < 4.78 is 0. The van der Waals surface area contributed by atoms with E-state index in [1.54, 1.807) is 6.07 Å². The average molecular weight is 218 g/mol. The Morgan fingerprint density at radius 3 is 2.69 bits per heavy atom. The molecule has 1 aliphatic rings. The molecule has 1 aromatic rings. The highest BCUT2D eigenvalue weighted by Gasteiger charge is 2.14. The summed E-state index contributed by atoms with van der Waals surface area (Å²) in [7, 11) is 0. The van der Waals surface area contributed by atoms with Crippen LogP contribution in [-0.4, -0.2) is 11.4 Å². The van der Waals surface area contributed by atoms with E-state index in [4.69, 9.17) is 0 Å². The van der Waals surface area contributed by atoms with Crippen LogP contribution < -0.4 is 0 Å². The van der Waals surface area contributed by atoms with Gasteiger partial charge in [0.05, 0.1) is 5.56 Å². The number of rotatable bonds is 3. The molecule has 0 heterocycles. The highest BCUT2D eigenvalue weighted by Crippen LogP contribution is 2.28. The quantitative estimate of drug-likeness (QED) is 0.790. The largest absolute Gasteiger partial charge is 0.507 e. The topological polar surface area (TPSA) is 37.3 Å². The van der Waals surface area contributed by atoms with E-state index in [1.807, 2.05) is 12.1 Å². The van der Waals surface area contributed by atoms with Crippen molar-refractivity contribution in [1.29, 1.82) is 0 Å². The van der Waals surface area contributed by atoms with Crippen molar-refractivity contribution in [3.63, 3.8) is 0 Å². The average Bonchev–Trinajstić information content (AvgIpc) is 2.33. The monoisotopic (exact) mass is 218 g/mol. The van der Waals surface area contributed by atoms with Gasteiger partial charge in [0.25, 0.3) is 0 Å². The molecule has 0 spiro atoms. The molecule has 0 aliphatic heterocycles. The van der Waals surface area contributed by atoms with Crippen molar-refractivity contribution >= 4 is 6.29 Å². The van der Waals surface area contributed by atoms with Gasteiger partial charge in [-0.3, -0.25) is 4.79 Å². The fraction of sp³-hybridized carbons (Fsp3) is 0.500. The van der Waals surface area contributed by atoms with E-state index < -0.39 is 0 Å². The summed E-state index contributed by atoms with van der Waals surface area (Å²) in [5.74, 6) is 0.847. The van der Waals surface area contributed by atoms with Crippen molar-refractivity contribution in [2.45, 2.75) is 38.5 Å². The number of carbonyl (C=O) groups excluding carboxylic acids is 1. The molecule has 0 atom stereocenters. The first-order chi connectivity index (χ1) is 7.79. The van der Waals surface area contributed by atoms with Crippen LogP contribution in [0.15, 0.2) is 18.2 Å². The van der Waals surface area contributed by atoms with Crippen LogP contribution in [0.2, 0.25) is 0 Å². The van der Waals surface area contributed by atoms with Gasteiger partial charge in [-0.15, -0.1) is 0 Å². The van der Waals surface area contributed by atoms with Crippen LogP contribution in [0.1, 0.15) is 48.0 Å². The number of hydrogen-bond donors (Lipinski definition) is 1. The lowest BCUT2D eigenvalue weighted by atomic mass is 9.84. The smallest absolute Gasteiger partial charge is 0.153 e. The molecule has 0 radical (unpaired) electrons. The zero-order valence-corrected chi connectivity index (χ0v) is 9.48. The van der Waals surface area contributed by atoms with Crippen molar-refractivity contribution < 1.29 is 9.90 Å². The summed E-state index contributed by atoms with van der Waals surface area (Å²) in [5, 5.41) is 9.41. The summed E-state index contributed by atoms with van der Waals surface area (Å²) in [5.41, 5.74) is 1.58. The van der Waals surface area contributed by atoms with E-state index in [0.29, 0.717) is 5.56 Å². The molecule has 0 aromatic heterocycles. The summed E-state index contributed by atoms with van der Waals surface area (Å²) in [6.07, 6.45) is 8.41. The van der Waals surface area contributed by atoms with Gasteiger partial charge in [0, 0.05) is 0 Å². The number of phenolic OH excluding ortho intramolecular Hbond substituents is 1. The number of carbonyl (C=O) groups is 1. The highest BCUT2D eigenvalue weighted by molar-refractivity contribution is 5.79. The predicted molar refractivity (Wildman–Crippen MR) is 63.8 cm³/mol. The third kappa shape index (κ3) is 2.63. The van der Waals surface area contributed by atoms with Gasteiger partial charge in [-0.25, -0.2) is 0 Å². The van der Waals surface area contributed by atoms with Crippen LogP contribution in [0, 0.1) is 5.92 Å². The Labute approximate surface area is 96.3 Å². The van der Waals surface area contributed by atoms with E-state index in [0.717, 1.165) is 18.6 Å². The highest BCUT2D eigenvalue weighted by atomic mass is 16.3. The van der Waals surface area contributed by atoms with Crippen molar-refractivity contribution in [2.24, 2.45) is 5.92 Å². The lowest BCUT2D eigenvalue weighted by Crippen LogP contribution is -2.09. The third-order valence-electron chi connectivity index (χ3n) is 3.47. The fourth-order valence-electron chi connectivity index (χ4n) is 2.55. The van der Waals surface area contributed by atoms with Crippen molar-refractivity contribution in [3.05, 3.63) is 29.3 Å². The van der Waals surface area contributed by atoms with E-state index in [2.05, 4.69) is 0 Å².